The molecule has 0 aliphatic heterocycles. The Morgan fingerprint density at radius 3 is 2.48 bits per heavy atom. The molecule has 0 saturated carbocycles. The summed E-state index contributed by atoms with van der Waals surface area (Å²) in [6.45, 7) is 4.63. The highest BCUT2D eigenvalue weighted by molar-refractivity contribution is 5.76. The van der Waals surface area contributed by atoms with Gasteiger partial charge in [-0.1, -0.05) is 42.5 Å². The van der Waals surface area contributed by atoms with Crippen LogP contribution in [0.5, 0.6) is 5.75 Å². The zero-order valence-electron chi connectivity index (χ0n) is 15.7. The van der Waals surface area contributed by atoms with Crippen molar-refractivity contribution in [3.05, 3.63) is 71.7 Å². The van der Waals surface area contributed by atoms with Gasteiger partial charge in [0.2, 0.25) is 0 Å². The molecule has 0 aliphatic carbocycles. The normalized spacial score (nSPS) is 11.1. The van der Waals surface area contributed by atoms with Crippen molar-refractivity contribution in [2.45, 2.75) is 20.4 Å². The molecule has 2 heterocycles. The van der Waals surface area contributed by atoms with Crippen LogP contribution in [-0.2, 0) is 6.54 Å². The lowest BCUT2D eigenvalue weighted by Gasteiger charge is -2.10. The zero-order chi connectivity index (χ0) is 19.0. The van der Waals surface area contributed by atoms with Crippen LogP contribution in [0.2, 0.25) is 0 Å². The summed E-state index contributed by atoms with van der Waals surface area (Å²) < 4.78 is 7.59. The fraction of sp³-hybridized carbons (Fsp3) is 0.182. The van der Waals surface area contributed by atoms with Crippen molar-refractivity contribution in [1.29, 1.82) is 0 Å². The smallest absolute Gasteiger partial charge is 0.160 e. The van der Waals surface area contributed by atoms with Crippen LogP contribution in [-0.4, -0.2) is 21.6 Å². The van der Waals surface area contributed by atoms with Crippen molar-refractivity contribution in [3.8, 4) is 16.9 Å². The number of nitrogens with zero attached hydrogens (tertiary/aromatic N) is 3. The van der Waals surface area contributed by atoms with E-state index in [-0.39, 0.29) is 0 Å². The van der Waals surface area contributed by atoms with Crippen LogP contribution in [0, 0.1) is 13.8 Å². The maximum atomic E-state index is 5.97. The van der Waals surface area contributed by atoms with Crippen LogP contribution in [0.15, 0.2) is 54.6 Å². The molecule has 0 unspecified atom stereocenters. The Balaban J connectivity index is 1.67. The Kier molecular flexibility index (Phi) is 4.28. The van der Waals surface area contributed by atoms with Gasteiger partial charge in [-0.2, -0.15) is 0 Å². The van der Waals surface area contributed by atoms with Gasteiger partial charge in [-0.15, -0.1) is 0 Å². The Hall–Kier alpha value is -3.34. The predicted molar refractivity (Wildman–Crippen MR) is 109 cm³/mol. The fourth-order valence-electron chi connectivity index (χ4n) is 3.31. The second kappa shape index (κ2) is 6.76. The summed E-state index contributed by atoms with van der Waals surface area (Å²) in [5.41, 5.74) is 12.6. The molecule has 0 saturated heterocycles. The summed E-state index contributed by atoms with van der Waals surface area (Å²) in [7, 11) is 1.70. The number of methoxy groups -OCH3 is 1. The summed E-state index contributed by atoms with van der Waals surface area (Å²) in [6, 6.07) is 18.5. The lowest BCUT2D eigenvalue weighted by atomic mass is 10.0. The molecule has 0 radical (unpaired) electrons. The average Bonchev–Trinajstić information content (AvgIpc) is 2.97. The largest absolute Gasteiger partial charge is 0.496 e. The van der Waals surface area contributed by atoms with E-state index < -0.39 is 0 Å². The summed E-state index contributed by atoms with van der Waals surface area (Å²) in [5, 5.41) is 0. The SMILES string of the molecule is COc1ccccc1-c1ccc(Cn2c(C)nc3cc(N)c(C)nc32)cc1. The van der Waals surface area contributed by atoms with Gasteiger partial charge < -0.3 is 15.0 Å². The van der Waals surface area contributed by atoms with Crippen molar-refractivity contribution >= 4 is 16.9 Å². The Bertz CT molecular complexity index is 1110. The van der Waals surface area contributed by atoms with E-state index in [0.717, 1.165) is 39.6 Å². The number of aromatic nitrogens is 3. The number of fused-ring (bicyclic) bond motifs is 1. The van der Waals surface area contributed by atoms with Gasteiger partial charge in [0.05, 0.1) is 25.0 Å². The number of pyridine rings is 1. The molecule has 2 N–H and O–H groups in total. The van der Waals surface area contributed by atoms with Gasteiger partial charge >= 0.3 is 0 Å². The molecular weight excluding hydrogens is 336 g/mol. The second-order valence-electron chi connectivity index (χ2n) is 6.65. The first-order chi connectivity index (χ1) is 13.1. The molecule has 5 heteroatoms. The number of hydrogen-bond acceptors (Lipinski definition) is 4. The molecular formula is C22H22N4O. The number of rotatable bonds is 4. The minimum atomic E-state index is 0.674. The van der Waals surface area contributed by atoms with Gasteiger partial charge in [-0.05, 0) is 37.1 Å². The third-order valence-corrected chi connectivity index (χ3v) is 4.85. The van der Waals surface area contributed by atoms with Gasteiger partial charge in [0.25, 0.3) is 0 Å². The Morgan fingerprint density at radius 1 is 1.00 bits per heavy atom. The lowest BCUT2D eigenvalue weighted by Crippen LogP contribution is -2.04. The van der Waals surface area contributed by atoms with E-state index in [2.05, 4.69) is 44.9 Å². The zero-order valence-corrected chi connectivity index (χ0v) is 15.7. The van der Waals surface area contributed by atoms with E-state index in [1.807, 2.05) is 38.1 Å². The van der Waals surface area contributed by atoms with Crippen LogP contribution in [0.25, 0.3) is 22.3 Å². The van der Waals surface area contributed by atoms with Crippen LogP contribution in [0.3, 0.4) is 0 Å². The van der Waals surface area contributed by atoms with Crippen molar-refractivity contribution in [3.63, 3.8) is 0 Å². The van der Waals surface area contributed by atoms with Crippen molar-refractivity contribution < 1.29 is 4.74 Å². The molecule has 4 aromatic rings. The van der Waals surface area contributed by atoms with E-state index >= 15 is 0 Å². The quantitative estimate of drug-likeness (QED) is 0.589. The summed E-state index contributed by atoms with van der Waals surface area (Å²) in [5.74, 6) is 1.80. The first-order valence-corrected chi connectivity index (χ1v) is 8.89. The number of imidazole rings is 1. The first kappa shape index (κ1) is 17.1. The number of ether oxygens (including phenoxy) is 1. The van der Waals surface area contributed by atoms with Gasteiger partial charge in [0, 0.05) is 5.56 Å². The molecule has 2 aromatic heterocycles. The summed E-state index contributed by atoms with van der Waals surface area (Å²) in [4.78, 5) is 9.24. The monoisotopic (exact) mass is 358 g/mol. The van der Waals surface area contributed by atoms with Crippen molar-refractivity contribution in [2.75, 3.05) is 12.8 Å². The van der Waals surface area contributed by atoms with Gasteiger partial charge in [-0.25, -0.2) is 9.97 Å². The van der Waals surface area contributed by atoms with Crippen LogP contribution >= 0.6 is 0 Å². The highest BCUT2D eigenvalue weighted by atomic mass is 16.5. The van der Waals surface area contributed by atoms with Crippen LogP contribution in [0.1, 0.15) is 17.1 Å². The van der Waals surface area contributed by atoms with Gasteiger partial charge in [0.1, 0.15) is 17.1 Å². The van der Waals surface area contributed by atoms with E-state index in [9.17, 15) is 0 Å². The lowest BCUT2D eigenvalue weighted by molar-refractivity contribution is 0.416. The van der Waals surface area contributed by atoms with Crippen molar-refractivity contribution in [1.82, 2.24) is 14.5 Å². The maximum absolute atomic E-state index is 5.97. The first-order valence-electron chi connectivity index (χ1n) is 8.89. The third-order valence-electron chi connectivity index (χ3n) is 4.85. The van der Waals surface area contributed by atoms with Gasteiger partial charge in [-0.3, -0.25) is 0 Å². The molecule has 4 rings (SSSR count). The van der Waals surface area contributed by atoms with E-state index in [1.165, 1.54) is 5.56 Å². The molecule has 0 fully saturated rings. The minimum Gasteiger partial charge on any atom is -0.496 e. The van der Waals surface area contributed by atoms with E-state index in [0.29, 0.717) is 12.2 Å². The highest BCUT2D eigenvalue weighted by Gasteiger charge is 2.12. The van der Waals surface area contributed by atoms with Crippen LogP contribution < -0.4 is 10.5 Å². The maximum Gasteiger partial charge on any atom is 0.160 e. The minimum absolute atomic E-state index is 0.674. The molecule has 5 nitrogen and oxygen atoms in total. The number of anilines is 1. The average molecular weight is 358 g/mol. The number of hydrogen-bond donors (Lipinski definition) is 1. The van der Waals surface area contributed by atoms with E-state index in [4.69, 9.17) is 10.5 Å². The number of nitrogens with two attached hydrogens (primary N) is 1. The fourth-order valence-corrected chi connectivity index (χ4v) is 3.31. The molecule has 27 heavy (non-hydrogen) atoms. The molecule has 0 aliphatic rings. The van der Waals surface area contributed by atoms with Crippen molar-refractivity contribution in [2.24, 2.45) is 0 Å². The number of para-hydroxylation sites is 1. The third kappa shape index (κ3) is 3.12. The number of nitrogen functional groups attached to an aromatic ring is 1. The van der Waals surface area contributed by atoms with E-state index in [1.54, 1.807) is 7.11 Å². The Morgan fingerprint density at radius 2 is 1.74 bits per heavy atom. The molecule has 0 spiro atoms. The predicted octanol–water partition coefficient (Wildman–Crippen LogP) is 4.35. The number of benzene rings is 2. The topological polar surface area (TPSA) is 66.0 Å². The molecule has 2 aromatic carbocycles. The highest BCUT2D eigenvalue weighted by Crippen LogP contribution is 2.30. The summed E-state index contributed by atoms with van der Waals surface area (Å²) >= 11 is 0. The second-order valence-corrected chi connectivity index (χ2v) is 6.65. The molecule has 0 atom stereocenters. The standard InChI is InChI=1S/C22H22N4O/c1-14-19(23)12-20-22(24-14)26(15(2)25-20)13-16-8-10-17(11-9-16)18-6-4-5-7-21(18)27-3/h4-12H,13,23H2,1-3H3. The van der Waals surface area contributed by atoms with Crippen LogP contribution in [0.4, 0.5) is 5.69 Å². The Labute approximate surface area is 158 Å². The molecule has 0 bridgehead atoms. The molecule has 136 valence electrons. The van der Waals surface area contributed by atoms with Gasteiger partial charge in [0.15, 0.2) is 5.65 Å². The summed E-state index contributed by atoms with van der Waals surface area (Å²) in [6.07, 6.45) is 0. The number of aryl methyl sites for hydroxylation is 2. The molecule has 0 amide bonds.